The SMILES string of the molecule is CCCn1cc(S(=O)(=O)NC(C)CC(C)CC)cc1CO. The van der Waals surface area contributed by atoms with Crippen LogP contribution in [0.1, 0.15) is 52.7 Å². The van der Waals surface area contributed by atoms with Gasteiger partial charge in [-0.15, -0.1) is 0 Å². The highest BCUT2D eigenvalue weighted by Gasteiger charge is 2.21. The first kappa shape index (κ1) is 18.2. The zero-order chi connectivity index (χ0) is 16.0. The third kappa shape index (κ3) is 5.13. The van der Waals surface area contributed by atoms with Crippen LogP contribution in [0, 0.1) is 5.92 Å². The van der Waals surface area contributed by atoms with Gasteiger partial charge in [0.1, 0.15) is 0 Å². The average Bonchev–Trinajstić information content (AvgIpc) is 2.82. The predicted octanol–water partition coefficient (Wildman–Crippen LogP) is 2.49. The van der Waals surface area contributed by atoms with Crippen LogP contribution in [0.3, 0.4) is 0 Å². The summed E-state index contributed by atoms with van der Waals surface area (Å²) in [7, 11) is -3.53. The molecule has 1 rings (SSSR count). The summed E-state index contributed by atoms with van der Waals surface area (Å²) >= 11 is 0. The van der Waals surface area contributed by atoms with E-state index < -0.39 is 10.0 Å². The van der Waals surface area contributed by atoms with Crippen molar-refractivity contribution in [2.45, 2.75) is 71.0 Å². The highest BCUT2D eigenvalue weighted by molar-refractivity contribution is 7.89. The summed E-state index contributed by atoms with van der Waals surface area (Å²) in [6.07, 6.45) is 4.35. The molecule has 1 aromatic rings. The molecular formula is C15H28N2O3S. The molecule has 0 spiro atoms. The molecular weight excluding hydrogens is 288 g/mol. The van der Waals surface area contributed by atoms with Crippen LogP contribution in [-0.4, -0.2) is 24.1 Å². The first-order chi connectivity index (χ1) is 9.83. The van der Waals surface area contributed by atoms with Crippen molar-refractivity contribution in [2.24, 2.45) is 5.92 Å². The maximum atomic E-state index is 12.4. The minimum Gasteiger partial charge on any atom is -0.390 e. The number of aliphatic hydroxyl groups is 1. The number of rotatable bonds is 9. The van der Waals surface area contributed by atoms with Gasteiger partial charge in [-0.2, -0.15) is 0 Å². The maximum absolute atomic E-state index is 12.4. The monoisotopic (exact) mass is 316 g/mol. The molecule has 0 aromatic carbocycles. The maximum Gasteiger partial charge on any atom is 0.242 e. The lowest BCUT2D eigenvalue weighted by Gasteiger charge is -2.17. The van der Waals surface area contributed by atoms with Crippen LogP contribution in [0.4, 0.5) is 0 Å². The summed E-state index contributed by atoms with van der Waals surface area (Å²) in [4.78, 5) is 0.232. The van der Waals surface area contributed by atoms with Gasteiger partial charge in [0.2, 0.25) is 10.0 Å². The fourth-order valence-electron chi connectivity index (χ4n) is 2.40. The van der Waals surface area contributed by atoms with Crippen LogP contribution >= 0.6 is 0 Å². The number of nitrogens with one attached hydrogen (secondary N) is 1. The van der Waals surface area contributed by atoms with Gasteiger partial charge in [0, 0.05) is 24.5 Å². The van der Waals surface area contributed by atoms with E-state index in [1.54, 1.807) is 16.8 Å². The molecule has 0 aliphatic carbocycles. The minimum absolute atomic E-state index is 0.1000. The molecule has 122 valence electrons. The summed E-state index contributed by atoms with van der Waals surface area (Å²) in [5.74, 6) is 0.486. The number of aromatic nitrogens is 1. The van der Waals surface area contributed by atoms with E-state index in [2.05, 4.69) is 18.6 Å². The molecule has 2 unspecified atom stereocenters. The Labute approximate surface area is 128 Å². The van der Waals surface area contributed by atoms with Crippen molar-refractivity contribution in [1.29, 1.82) is 0 Å². The number of hydrogen-bond donors (Lipinski definition) is 2. The van der Waals surface area contributed by atoms with Crippen LogP contribution < -0.4 is 4.72 Å². The number of aliphatic hydroxyl groups excluding tert-OH is 1. The van der Waals surface area contributed by atoms with E-state index in [-0.39, 0.29) is 17.5 Å². The topological polar surface area (TPSA) is 71.3 Å². The van der Waals surface area contributed by atoms with E-state index in [0.29, 0.717) is 18.2 Å². The molecule has 1 aromatic heterocycles. The fraction of sp³-hybridized carbons (Fsp3) is 0.733. The van der Waals surface area contributed by atoms with Gasteiger partial charge in [0.05, 0.1) is 11.5 Å². The van der Waals surface area contributed by atoms with E-state index in [1.165, 1.54) is 0 Å². The van der Waals surface area contributed by atoms with Gasteiger partial charge < -0.3 is 9.67 Å². The second kappa shape index (κ2) is 7.96. The quantitative estimate of drug-likeness (QED) is 0.735. The van der Waals surface area contributed by atoms with Crippen molar-refractivity contribution < 1.29 is 13.5 Å². The molecule has 0 aliphatic heterocycles. The Balaban J connectivity index is 2.87. The largest absolute Gasteiger partial charge is 0.390 e. The zero-order valence-corrected chi connectivity index (χ0v) is 14.3. The average molecular weight is 316 g/mol. The van der Waals surface area contributed by atoms with E-state index >= 15 is 0 Å². The van der Waals surface area contributed by atoms with E-state index in [1.807, 2.05) is 13.8 Å². The van der Waals surface area contributed by atoms with Crippen LogP contribution in [-0.2, 0) is 23.2 Å². The first-order valence-electron chi connectivity index (χ1n) is 7.66. The molecule has 2 N–H and O–H groups in total. The van der Waals surface area contributed by atoms with Gasteiger partial charge in [-0.05, 0) is 31.7 Å². The van der Waals surface area contributed by atoms with Crippen LogP contribution in [0.15, 0.2) is 17.2 Å². The molecule has 21 heavy (non-hydrogen) atoms. The van der Waals surface area contributed by atoms with Gasteiger partial charge in [-0.25, -0.2) is 13.1 Å². The Morgan fingerprint density at radius 2 is 2.00 bits per heavy atom. The summed E-state index contributed by atoms with van der Waals surface area (Å²) in [6.45, 7) is 8.67. The molecule has 0 amide bonds. The molecule has 0 fully saturated rings. The number of hydrogen-bond acceptors (Lipinski definition) is 3. The normalized spacial score (nSPS) is 15.1. The third-order valence-corrected chi connectivity index (χ3v) is 5.26. The lowest BCUT2D eigenvalue weighted by atomic mass is 10.0. The molecule has 5 nitrogen and oxygen atoms in total. The van der Waals surface area contributed by atoms with Crippen LogP contribution in [0.25, 0.3) is 0 Å². The smallest absolute Gasteiger partial charge is 0.242 e. The van der Waals surface area contributed by atoms with Gasteiger partial charge in [0.15, 0.2) is 0 Å². The van der Waals surface area contributed by atoms with E-state index in [9.17, 15) is 13.5 Å². The Kier molecular flexibility index (Phi) is 6.90. The summed E-state index contributed by atoms with van der Waals surface area (Å²) in [5.41, 5.74) is 0.631. The fourth-order valence-corrected chi connectivity index (χ4v) is 3.72. The van der Waals surface area contributed by atoms with Crippen molar-refractivity contribution in [1.82, 2.24) is 9.29 Å². The molecule has 0 radical (unpaired) electrons. The molecule has 0 saturated heterocycles. The lowest BCUT2D eigenvalue weighted by molar-refractivity contribution is 0.270. The van der Waals surface area contributed by atoms with Crippen molar-refractivity contribution in [3.05, 3.63) is 18.0 Å². The number of sulfonamides is 1. The Bertz CT molecular complexity index is 537. The summed E-state index contributed by atoms with van der Waals surface area (Å²) < 4.78 is 29.3. The zero-order valence-electron chi connectivity index (χ0n) is 13.5. The molecule has 0 saturated carbocycles. The van der Waals surface area contributed by atoms with Crippen molar-refractivity contribution in [3.63, 3.8) is 0 Å². The van der Waals surface area contributed by atoms with Crippen LogP contribution in [0.2, 0.25) is 0 Å². The van der Waals surface area contributed by atoms with Crippen molar-refractivity contribution in [2.75, 3.05) is 0 Å². The van der Waals surface area contributed by atoms with Gasteiger partial charge in [-0.1, -0.05) is 27.2 Å². The van der Waals surface area contributed by atoms with Crippen LogP contribution in [0.5, 0.6) is 0 Å². The van der Waals surface area contributed by atoms with E-state index in [4.69, 9.17) is 0 Å². The molecule has 6 heteroatoms. The van der Waals surface area contributed by atoms with E-state index in [0.717, 1.165) is 19.3 Å². The molecule has 1 heterocycles. The highest BCUT2D eigenvalue weighted by atomic mass is 32.2. The number of nitrogens with zero attached hydrogens (tertiary/aromatic N) is 1. The predicted molar refractivity (Wildman–Crippen MR) is 84.5 cm³/mol. The Morgan fingerprint density at radius 3 is 2.52 bits per heavy atom. The Hall–Kier alpha value is -0.850. The standard InChI is InChI=1S/C15H28N2O3S/c1-5-7-17-10-15(9-14(17)11-18)21(19,20)16-13(4)8-12(3)6-2/h9-10,12-13,16,18H,5-8,11H2,1-4H3. The van der Waals surface area contributed by atoms with Gasteiger partial charge >= 0.3 is 0 Å². The summed E-state index contributed by atoms with van der Waals surface area (Å²) in [5, 5.41) is 9.32. The van der Waals surface area contributed by atoms with Gasteiger partial charge in [-0.3, -0.25) is 0 Å². The molecule has 2 atom stereocenters. The summed E-state index contributed by atoms with van der Waals surface area (Å²) in [6, 6.07) is 1.45. The first-order valence-corrected chi connectivity index (χ1v) is 9.14. The minimum atomic E-state index is -3.53. The van der Waals surface area contributed by atoms with Gasteiger partial charge in [0.25, 0.3) is 0 Å². The number of aryl methyl sites for hydroxylation is 1. The molecule has 0 aliphatic rings. The Morgan fingerprint density at radius 1 is 1.33 bits per heavy atom. The second-order valence-corrected chi connectivity index (χ2v) is 7.50. The van der Waals surface area contributed by atoms with Crippen molar-refractivity contribution in [3.8, 4) is 0 Å². The van der Waals surface area contributed by atoms with Crippen molar-refractivity contribution >= 4 is 10.0 Å². The second-order valence-electron chi connectivity index (χ2n) is 5.79. The third-order valence-electron chi connectivity index (χ3n) is 3.71. The molecule has 0 bridgehead atoms. The lowest BCUT2D eigenvalue weighted by Crippen LogP contribution is -2.33. The highest BCUT2D eigenvalue weighted by Crippen LogP contribution is 2.17.